The van der Waals surface area contributed by atoms with Crippen molar-refractivity contribution < 1.29 is 24.5 Å². The van der Waals surface area contributed by atoms with Gasteiger partial charge in [0.25, 0.3) is 0 Å². The van der Waals surface area contributed by atoms with Gasteiger partial charge in [-0.15, -0.1) is 0 Å². The Morgan fingerprint density at radius 3 is 0.735 bits per heavy atom. The fourth-order valence-corrected chi connectivity index (χ4v) is 12.8. The summed E-state index contributed by atoms with van der Waals surface area (Å²) in [5.74, 6) is 0.000212. The lowest BCUT2D eigenvalue weighted by Gasteiger charge is -2.22. The highest BCUT2D eigenvalue weighted by Crippen LogP contribution is 2.20. The Morgan fingerprint density at radius 2 is 0.494 bits per heavy atom. The number of hydrogen-bond donors (Lipinski definition) is 3. The van der Waals surface area contributed by atoms with Crippen LogP contribution in [0.25, 0.3) is 0 Å². The van der Waals surface area contributed by atoms with Crippen LogP contribution in [0.2, 0.25) is 0 Å². The first-order valence-electron chi connectivity index (χ1n) is 38.8. The van der Waals surface area contributed by atoms with Gasteiger partial charge >= 0.3 is 5.97 Å². The Kier molecular flexibility index (Phi) is 72.3. The van der Waals surface area contributed by atoms with Crippen LogP contribution in [0.5, 0.6) is 0 Å². The highest BCUT2D eigenvalue weighted by molar-refractivity contribution is 5.76. The molecule has 0 aliphatic carbocycles. The molecule has 0 aromatic rings. The number of unbranched alkanes of at least 4 members (excludes halogenated alkanes) is 63. The first-order chi connectivity index (χ1) is 41.0. The summed E-state index contributed by atoms with van der Waals surface area (Å²) in [5.41, 5.74) is 0. The van der Waals surface area contributed by atoms with E-state index in [-0.39, 0.29) is 18.5 Å². The Hall–Kier alpha value is -1.14. The third kappa shape index (κ3) is 69.8. The van der Waals surface area contributed by atoms with Crippen molar-refractivity contribution in [3.05, 3.63) is 0 Å². The average molecular weight is 1170 g/mol. The first kappa shape index (κ1) is 81.9. The largest absolute Gasteiger partial charge is 0.466 e. The summed E-state index contributed by atoms with van der Waals surface area (Å²) in [7, 11) is 0. The molecule has 0 fully saturated rings. The smallest absolute Gasteiger partial charge is 0.305 e. The summed E-state index contributed by atoms with van der Waals surface area (Å²) in [5, 5.41) is 23.4. The topological polar surface area (TPSA) is 95.9 Å². The summed E-state index contributed by atoms with van der Waals surface area (Å²) >= 11 is 0. The molecule has 0 spiro atoms. The third-order valence-corrected chi connectivity index (χ3v) is 18.7. The molecule has 3 N–H and O–H groups in total. The molecular weight excluding hydrogens is 1020 g/mol. The van der Waals surface area contributed by atoms with Crippen LogP contribution >= 0.6 is 0 Å². The number of ether oxygens (including phenoxy) is 1. The molecule has 0 rings (SSSR count). The maximum atomic E-state index is 12.6. The molecule has 6 heteroatoms. The van der Waals surface area contributed by atoms with E-state index < -0.39 is 12.1 Å². The number of carbonyl (C=O) groups excluding carboxylic acids is 2. The van der Waals surface area contributed by atoms with Gasteiger partial charge in [0.15, 0.2) is 0 Å². The zero-order valence-electron chi connectivity index (χ0n) is 57.0. The van der Waals surface area contributed by atoms with Gasteiger partial charge < -0.3 is 20.3 Å². The van der Waals surface area contributed by atoms with E-state index in [2.05, 4.69) is 19.2 Å². The van der Waals surface area contributed by atoms with E-state index in [4.69, 9.17) is 4.74 Å². The monoisotopic (exact) mass is 1170 g/mol. The number of aliphatic hydroxyl groups is 2. The van der Waals surface area contributed by atoms with Gasteiger partial charge in [-0.05, 0) is 25.7 Å². The van der Waals surface area contributed by atoms with Gasteiger partial charge in [0.05, 0.1) is 25.4 Å². The van der Waals surface area contributed by atoms with Crippen LogP contribution in [0.3, 0.4) is 0 Å². The lowest BCUT2D eigenvalue weighted by Crippen LogP contribution is -2.45. The summed E-state index contributed by atoms with van der Waals surface area (Å²) < 4.78 is 5.50. The molecule has 0 aromatic carbocycles. The van der Waals surface area contributed by atoms with Gasteiger partial charge in [0.1, 0.15) is 0 Å². The van der Waals surface area contributed by atoms with Gasteiger partial charge in [-0.1, -0.05) is 418 Å². The second kappa shape index (κ2) is 73.3. The molecule has 0 radical (unpaired) electrons. The van der Waals surface area contributed by atoms with Crippen LogP contribution in [0.1, 0.15) is 457 Å². The summed E-state index contributed by atoms with van der Waals surface area (Å²) in [6.45, 7) is 5.01. The number of aliphatic hydroxyl groups excluding tert-OH is 2. The molecule has 83 heavy (non-hydrogen) atoms. The number of rotatable bonds is 74. The van der Waals surface area contributed by atoms with E-state index in [0.717, 1.165) is 38.5 Å². The molecule has 0 bridgehead atoms. The molecule has 0 saturated heterocycles. The third-order valence-electron chi connectivity index (χ3n) is 18.7. The van der Waals surface area contributed by atoms with Crippen LogP contribution in [0.4, 0.5) is 0 Å². The number of carbonyl (C=O) groups is 2. The summed E-state index contributed by atoms with van der Waals surface area (Å²) in [6, 6.07) is -0.537. The highest BCUT2D eigenvalue weighted by atomic mass is 16.5. The zero-order valence-corrected chi connectivity index (χ0v) is 57.0. The van der Waals surface area contributed by atoms with Crippen LogP contribution in [-0.2, 0) is 14.3 Å². The molecule has 2 unspecified atom stereocenters. The van der Waals surface area contributed by atoms with Crippen LogP contribution in [0, 0.1) is 0 Å². The molecule has 496 valence electrons. The summed E-state index contributed by atoms with van der Waals surface area (Å²) in [4.78, 5) is 24.6. The fraction of sp³-hybridized carbons (Fsp3) is 0.974. The minimum atomic E-state index is -0.661. The second-order valence-corrected chi connectivity index (χ2v) is 27.1. The molecule has 0 aliphatic heterocycles. The number of amides is 1. The quantitative estimate of drug-likeness (QED) is 0.0417. The van der Waals surface area contributed by atoms with Crippen LogP contribution < -0.4 is 5.32 Å². The van der Waals surface area contributed by atoms with Gasteiger partial charge in [-0.25, -0.2) is 0 Å². The molecule has 0 aromatic heterocycles. The standard InChI is InChI=1S/C77H153NO5/c1-3-5-7-9-11-13-15-17-18-19-20-36-39-42-46-49-53-57-61-65-69-75(80)74(73-79)78-76(81)70-66-62-58-54-50-47-43-40-37-34-32-30-28-26-24-22-21-23-25-27-29-31-33-35-38-41-44-48-52-56-60-64-68-72-83-77(82)71-67-63-59-55-51-45-16-14-12-10-8-6-4-2/h74-75,79-80H,3-73H2,1-2H3,(H,78,81). The van der Waals surface area contributed by atoms with Crippen molar-refractivity contribution in [2.24, 2.45) is 0 Å². The predicted molar refractivity (Wildman–Crippen MR) is 366 cm³/mol. The molecular formula is C77H153NO5. The Bertz CT molecular complexity index is 1210. The van der Waals surface area contributed by atoms with Crippen molar-refractivity contribution >= 4 is 11.9 Å². The van der Waals surface area contributed by atoms with Crippen molar-refractivity contribution in [1.82, 2.24) is 5.32 Å². The van der Waals surface area contributed by atoms with E-state index in [0.29, 0.717) is 25.9 Å². The summed E-state index contributed by atoms with van der Waals surface area (Å²) in [6.07, 6.45) is 90.5. The van der Waals surface area contributed by atoms with Crippen molar-refractivity contribution in [2.45, 2.75) is 469 Å². The van der Waals surface area contributed by atoms with Crippen molar-refractivity contribution in [3.63, 3.8) is 0 Å². The minimum absolute atomic E-state index is 0.0244. The van der Waals surface area contributed by atoms with Crippen LogP contribution in [0.15, 0.2) is 0 Å². The Balaban J connectivity index is 3.31. The van der Waals surface area contributed by atoms with E-state index >= 15 is 0 Å². The molecule has 0 aliphatic rings. The second-order valence-electron chi connectivity index (χ2n) is 27.1. The normalized spacial score (nSPS) is 12.4. The van der Waals surface area contributed by atoms with E-state index in [1.165, 1.54) is 385 Å². The van der Waals surface area contributed by atoms with E-state index in [1.807, 2.05) is 0 Å². The van der Waals surface area contributed by atoms with Gasteiger partial charge in [-0.3, -0.25) is 9.59 Å². The molecule has 1 amide bonds. The number of nitrogens with one attached hydrogen (secondary N) is 1. The van der Waals surface area contributed by atoms with Gasteiger partial charge in [0.2, 0.25) is 5.91 Å². The Morgan fingerprint density at radius 1 is 0.289 bits per heavy atom. The molecule has 6 nitrogen and oxygen atoms in total. The van der Waals surface area contributed by atoms with Crippen molar-refractivity contribution in [3.8, 4) is 0 Å². The SMILES string of the molecule is CCCCCCCCCCCCCCCCCCCCCCC(O)C(CO)NC(=O)CCCCCCCCCCCCCCCCCCCCCCCCCCCCCCCCCCCOC(=O)CCCCCCCCCCCCCCC. The maximum Gasteiger partial charge on any atom is 0.305 e. The lowest BCUT2D eigenvalue weighted by atomic mass is 10.0. The number of esters is 1. The van der Waals surface area contributed by atoms with E-state index in [1.54, 1.807) is 0 Å². The molecule has 0 heterocycles. The van der Waals surface area contributed by atoms with Gasteiger partial charge in [-0.2, -0.15) is 0 Å². The highest BCUT2D eigenvalue weighted by Gasteiger charge is 2.20. The molecule has 0 saturated carbocycles. The average Bonchev–Trinajstić information content (AvgIpc) is 3.49. The van der Waals surface area contributed by atoms with Crippen LogP contribution in [-0.4, -0.2) is 47.4 Å². The number of hydrogen-bond acceptors (Lipinski definition) is 5. The van der Waals surface area contributed by atoms with E-state index in [9.17, 15) is 19.8 Å². The Labute approximate surface area is 521 Å². The maximum absolute atomic E-state index is 12.6. The fourth-order valence-electron chi connectivity index (χ4n) is 12.8. The van der Waals surface area contributed by atoms with Crippen molar-refractivity contribution in [2.75, 3.05) is 13.2 Å². The molecule has 2 atom stereocenters. The lowest BCUT2D eigenvalue weighted by molar-refractivity contribution is -0.143. The van der Waals surface area contributed by atoms with Gasteiger partial charge in [0, 0.05) is 12.8 Å². The van der Waals surface area contributed by atoms with Crippen molar-refractivity contribution in [1.29, 1.82) is 0 Å². The predicted octanol–water partition coefficient (Wildman–Crippen LogP) is 25.3. The first-order valence-corrected chi connectivity index (χ1v) is 38.8. The minimum Gasteiger partial charge on any atom is -0.466 e. The zero-order chi connectivity index (χ0) is 59.9.